The van der Waals surface area contributed by atoms with E-state index in [0.717, 1.165) is 43.5 Å². The summed E-state index contributed by atoms with van der Waals surface area (Å²) in [5.74, 6) is -0.202. The van der Waals surface area contributed by atoms with Gasteiger partial charge in [0.05, 0.1) is 16.5 Å². The van der Waals surface area contributed by atoms with Crippen LogP contribution >= 0.6 is 0 Å². The van der Waals surface area contributed by atoms with Crippen LogP contribution in [-0.4, -0.2) is 43.8 Å². The maximum absolute atomic E-state index is 12.9. The van der Waals surface area contributed by atoms with Crippen LogP contribution in [0.15, 0.2) is 29.2 Å². The third kappa shape index (κ3) is 4.59. The fourth-order valence-electron chi connectivity index (χ4n) is 4.45. The van der Waals surface area contributed by atoms with Gasteiger partial charge in [0.25, 0.3) is 0 Å². The SMILES string of the molecule is CCC[C@H](N[C@H]1CC[C@@H]2CN(S(=O)(=O)c3ccc(C(F)(F)F)cc3)C[C@@H]21)C(N)=O. The summed E-state index contributed by atoms with van der Waals surface area (Å²) in [7, 11) is -3.87. The van der Waals surface area contributed by atoms with Crippen molar-refractivity contribution in [2.75, 3.05) is 13.1 Å². The quantitative estimate of drug-likeness (QED) is 0.691. The molecule has 10 heteroatoms. The van der Waals surface area contributed by atoms with Gasteiger partial charge in [0.2, 0.25) is 15.9 Å². The molecule has 1 heterocycles. The monoisotopic (exact) mass is 433 g/mol. The molecule has 3 rings (SSSR count). The second kappa shape index (κ2) is 8.23. The van der Waals surface area contributed by atoms with Crippen LogP contribution in [0.2, 0.25) is 0 Å². The van der Waals surface area contributed by atoms with Crippen LogP contribution in [0.5, 0.6) is 0 Å². The Labute approximate surface area is 168 Å². The van der Waals surface area contributed by atoms with Crippen molar-refractivity contribution in [3.63, 3.8) is 0 Å². The van der Waals surface area contributed by atoms with Crippen molar-refractivity contribution in [2.45, 2.75) is 55.8 Å². The maximum Gasteiger partial charge on any atom is 0.416 e. The van der Waals surface area contributed by atoms with E-state index >= 15 is 0 Å². The Morgan fingerprint density at radius 3 is 2.45 bits per heavy atom. The fourth-order valence-corrected chi connectivity index (χ4v) is 5.98. The number of sulfonamides is 1. The van der Waals surface area contributed by atoms with Gasteiger partial charge < -0.3 is 11.1 Å². The van der Waals surface area contributed by atoms with E-state index in [1.54, 1.807) is 0 Å². The summed E-state index contributed by atoms with van der Waals surface area (Å²) < 4.78 is 65.4. The molecule has 0 bridgehead atoms. The van der Waals surface area contributed by atoms with Crippen LogP contribution in [0.3, 0.4) is 0 Å². The summed E-state index contributed by atoms with van der Waals surface area (Å²) >= 11 is 0. The first-order chi connectivity index (χ1) is 13.5. The Morgan fingerprint density at radius 2 is 1.90 bits per heavy atom. The minimum atomic E-state index is -4.51. The summed E-state index contributed by atoms with van der Waals surface area (Å²) in [5, 5.41) is 3.30. The van der Waals surface area contributed by atoms with Crippen molar-refractivity contribution in [2.24, 2.45) is 17.6 Å². The molecule has 2 aliphatic rings. The molecule has 6 nitrogen and oxygen atoms in total. The predicted octanol–water partition coefficient (Wildman–Crippen LogP) is 2.35. The number of alkyl halides is 3. The molecule has 1 saturated carbocycles. The number of benzene rings is 1. The Kier molecular flexibility index (Phi) is 6.26. The zero-order valence-electron chi connectivity index (χ0n) is 16.2. The fraction of sp³-hybridized carbons (Fsp3) is 0.632. The van der Waals surface area contributed by atoms with Gasteiger partial charge in [-0.25, -0.2) is 8.42 Å². The smallest absolute Gasteiger partial charge is 0.368 e. The van der Waals surface area contributed by atoms with Crippen molar-refractivity contribution in [1.82, 2.24) is 9.62 Å². The van der Waals surface area contributed by atoms with Gasteiger partial charge >= 0.3 is 6.18 Å². The van der Waals surface area contributed by atoms with Gasteiger partial charge in [-0.1, -0.05) is 13.3 Å². The Bertz CT molecular complexity index is 842. The van der Waals surface area contributed by atoms with Crippen molar-refractivity contribution >= 4 is 15.9 Å². The number of nitrogens with zero attached hydrogens (tertiary/aromatic N) is 1. The van der Waals surface area contributed by atoms with E-state index in [1.165, 1.54) is 4.31 Å². The standard InChI is InChI=1S/C19H26F3N3O3S/c1-2-3-17(18(23)26)24-16-9-4-12-10-25(11-15(12)16)29(27,28)14-7-5-13(6-8-14)19(20,21)22/h5-8,12,15-17,24H,2-4,9-11H2,1H3,(H2,23,26)/t12-,15+,16+,17+/m1/s1. The second-order valence-electron chi connectivity index (χ2n) is 7.86. The van der Waals surface area contributed by atoms with Crippen molar-refractivity contribution in [3.8, 4) is 0 Å². The highest BCUT2D eigenvalue weighted by atomic mass is 32.2. The van der Waals surface area contributed by atoms with Crippen molar-refractivity contribution in [1.29, 1.82) is 0 Å². The number of amides is 1. The van der Waals surface area contributed by atoms with Gasteiger partial charge in [-0.15, -0.1) is 0 Å². The molecule has 1 aliphatic carbocycles. The molecular weight excluding hydrogens is 407 g/mol. The average molecular weight is 433 g/mol. The second-order valence-corrected chi connectivity index (χ2v) is 9.80. The van der Waals surface area contributed by atoms with Gasteiger partial charge in [-0.3, -0.25) is 4.79 Å². The Balaban J connectivity index is 1.71. The van der Waals surface area contributed by atoms with Crippen LogP contribution in [0.4, 0.5) is 13.2 Å². The number of carbonyl (C=O) groups excluding carboxylic acids is 1. The van der Waals surface area contributed by atoms with Crippen LogP contribution in [-0.2, 0) is 21.0 Å². The lowest BCUT2D eigenvalue weighted by atomic mass is 9.97. The third-order valence-electron chi connectivity index (χ3n) is 5.98. The summed E-state index contributed by atoms with van der Waals surface area (Å²) in [6.07, 6.45) is -1.41. The maximum atomic E-state index is 12.9. The summed E-state index contributed by atoms with van der Waals surface area (Å²) in [6.45, 7) is 2.58. The Hall–Kier alpha value is -1.65. The number of hydrogen-bond donors (Lipinski definition) is 2. The zero-order valence-corrected chi connectivity index (χ0v) is 17.0. The zero-order chi connectivity index (χ0) is 21.4. The normalized spacial score (nSPS) is 26.4. The minimum Gasteiger partial charge on any atom is -0.368 e. The number of fused-ring (bicyclic) bond motifs is 1. The molecule has 1 aromatic rings. The van der Waals surface area contributed by atoms with E-state index in [1.807, 2.05) is 6.92 Å². The van der Waals surface area contributed by atoms with Gasteiger partial charge in [-0.05, 0) is 55.4 Å². The largest absolute Gasteiger partial charge is 0.416 e. The molecule has 2 fully saturated rings. The lowest BCUT2D eigenvalue weighted by Gasteiger charge is -2.25. The van der Waals surface area contributed by atoms with Crippen LogP contribution in [0.1, 0.15) is 38.2 Å². The molecule has 4 atom stereocenters. The lowest BCUT2D eigenvalue weighted by molar-refractivity contribution is -0.137. The van der Waals surface area contributed by atoms with Gasteiger partial charge in [0.1, 0.15) is 0 Å². The third-order valence-corrected chi connectivity index (χ3v) is 7.82. The molecule has 162 valence electrons. The van der Waals surface area contributed by atoms with Gasteiger partial charge in [-0.2, -0.15) is 17.5 Å². The first-order valence-electron chi connectivity index (χ1n) is 9.76. The van der Waals surface area contributed by atoms with Crippen LogP contribution < -0.4 is 11.1 Å². The molecule has 1 aromatic carbocycles. The van der Waals surface area contributed by atoms with E-state index < -0.39 is 33.7 Å². The molecule has 0 aromatic heterocycles. The minimum absolute atomic E-state index is 0.00291. The van der Waals surface area contributed by atoms with E-state index in [4.69, 9.17) is 5.73 Å². The number of halogens is 3. The summed E-state index contributed by atoms with van der Waals surface area (Å²) in [4.78, 5) is 11.5. The Morgan fingerprint density at radius 1 is 1.24 bits per heavy atom. The molecule has 0 radical (unpaired) electrons. The predicted molar refractivity (Wildman–Crippen MR) is 101 cm³/mol. The van der Waals surface area contributed by atoms with Crippen molar-refractivity contribution < 1.29 is 26.4 Å². The molecule has 1 amide bonds. The van der Waals surface area contributed by atoms with Gasteiger partial charge in [0.15, 0.2) is 0 Å². The van der Waals surface area contributed by atoms with Crippen LogP contribution in [0, 0.1) is 11.8 Å². The molecule has 29 heavy (non-hydrogen) atoms. The highest BCUT2D eigenvalue weighted by Crippen LogP contribution is 2.40. The van der Waals surface area contributed by atoms with E-state index in [9.17, 15) is 26.4 Å². The van der Waals surface area contributed by atoms with E-state index in [-0.39, 0.29) is 29.3 Å². The number of nitrogens with one attached hydrogen (secondary N) is 1. The summed E-state index contributed by atoms with van der Waals surface area (Å²) in [5.41, 5.74) is 4.58. The molecule has 1 saturated heterocycles. The molecule has 0 spiro atoms. The molecule has 1 aliphatic heterocycles. The van der Waals surface area contributed by atoms with Crippen LogP contribution in [0.25, 0.3) is 0 Å². The van der Waals surface area contributed by atoms with E-state index in [0.29, 0.717) is 13.0 Å². The lowest BCUT2D eigenvalue weighted by Crippen LogP contribution is -2.48. The number of hydrogen-bond acceptors (Lipinski definition) is 4. The number of carbonyl (C=O) groups is 1. The van der Waals surface area contributed by atoms with E-state index in [2.05, 4.69) is 5.32 Å². The molecule has 3 N–H and O–H groups in total. The first kappa shape index (κ1) is 22.0. The highest BCUT2D eigenvalue weighted by molar-refractivity contribution is 7.89. The molecule has 0 unspecified atom stereocenters. The van der Waals surface area contributed by atoms with Crippen molar-refractivity contribution in [3.05, 3.63) is 29.8 Å². The number of rotatable bonds is 7. The highest BCUT2D eigenvalue weighted by Gasteiger charge is 2.47. The number of primary amides is 1. The first-order valence-corrected chi connectivity index (χ1v) is 11.2. The topological polar surface area (TPSA) is 92.5 Å². The summed E-state index contributed by atoms with van der Waals surface area (Å²) in [6, 6.07) is 3.15. The average Bonchev–Trinajstić information content (AvgIpc) is 3.23. The van der Waals surface area contributed by atoms with Gasteiger partial charge in [0, 0.05) is 19.1 Å². The molecular formula is C19H26F3N3O3S. The number of nitrogens with two attached hydrogens (primary N) is 1.